The van der Waals surface area contributed by atoms with Crippen molar-refractivity contribution in [2.24, 2.45) is 10.2 Å². The number of nitro benzene ring substituents is 1. The minimum Gasteiger partial charge on any atom is -0.326 e. The van der Waals surface area contributed by atoms with Gasteiger partial charge in [-0.3, -0.25) is 19.7 Å². The van der Waals surface area contributed by atoms with E-state index in [4.69, 9.17) is 0 Å². The number of nitro groups is 1. The largest absolute Gasteiger partial charge is 0.326 e. The number of nitrogens with one attached hydrogen (secondary N) is 2. The van der Waals surface area contributed by atoms with Crippen LogP contribution >= 0.6 is 11.8 Å². The molecule has 1 aliphatic rings. The van der Waals surface area contributed by atoms with E-state index in [2.05, 4.69) is 20.8 Å². The van der Waals surface area contributed by atoms with E-state index in [0.717, 1.165) is 17.3 Å². The molecule has 2 amide bonds. The lowest BCUT2D eigenvalue weighted by atomic mass is 10.2. The first-order valence-corrected chi connectivity index (χ1v) is 9.74. The lowest BCUT2D eigenvalue weighted by molar-refractivity contribution is -0.384. The Hall–Kier alpha value is -3.79. The van der Waals surface area contributed by atoms with Crippen LogP contribution in [0.25, 0.3) is 6.08 Å². The first-order chi connectivity index (χ1) is 14.5. The van der Waals surface area contributed by atoms with Crippen LogP contribution in [-0.4, -0.2) is 33.4 Å². The maximum atomic E-state index is 12.2. The topological polar surface area (TPSA) is 126 Å². The van der Waals surface area contributed by atoms with E-state index in [9.17, 15) is 19.7 Å². The molecule has 0 spiro atoms. The Labute approximate surface area is 176 Å². The van der Waals surface area contributed by atoms with Crippen molar-refractivity contribution >= 4 is 52.4 Å². The highest BCUT2D eigenvalue weighted by atomic mass is 32.2. The molecule has 0 saturated carbocycles. The number of amides is 2. The fraction of sp³-hybridized carbons (Fsp3) is 0.100. The van der Waals surface area contributed by atoms with Crippen molar-refractivity contribution in [3.8, 4) is 0 Å². The summed E-state index contributed by atoms with van der Waals surface area (Å²) in [5.41, 5.74) is 1.37. The van der Waals surface area contributed by atoms with Gasteiger partial charge < -0.3 is 10.6 Å². The quantitative estimate of drug-likeness (QED) is 0.402. The van der Waals surface area contributed by atoms with Gasteiger partial charge in [0.05, 0.1) is 4.92 Å². The lowest BCUT2D eigenvalue weighted by Gasteiger charge is -2.07. The molecule has 0 aliphatic carbocycles. The Bertz CT molecular complexity index is 1020. The Morgan fingerprint density at radius 1 is 1.20 bits per heavy atom. The van der Waals surface area contributed by atoms with Crippen LogP contribution in [0.5, 0.6) is 0 Å². The number of benzene rings is 2. The summed E-state index contributed by atoms with van der Waals surface area (Å²) in [4.78, 5) is 34.3. The predicted molar refractivity (Wildman–Crippen MR) is 117 cm³/mol. The van der Waals surface area contributed by atoms with Crippen molar-refractivity contribution in [2.75, 3.05) is 5.32 Å². The Kier molecular flexibility index (Phi) is 7.06. The highest BCUT2D eigenvalue weighted by Gasteiger charge is 2.32. The summed E-state index contributed by atoms with van der Waals surface area (Å²) >= 11 is 1.12. The standard InChI is InChI=1S/C20H17N5O4S/c26-18(22-15-8-10-16(11-9-15)25(28)29)13-17-19(27)23-20(30-17)24-21-12-4-7-14-5-2-1-3-6-14/h1-12,17H,13H2,(H,22,26)(H,23,24,27)/b7-4-,21-12+/t17-/m1/s1. The molecule has 3 rings (SSSR count). The second-order valence-electron chi connectivity index (χ2n) is 6.09. The number of anilines is 1. The van der Waals surface area contributed by atoms with Crippen molar-refractivity contribution in [1.29, 1.82) is 0 Å². The molecule has 10 heteroatoms. The van der Waals surface area contributed by atoms with E-state index in [1.807, 2.05) is 36.4 Å². The number of rotatable bonds is 7. The molecule has 1 aliphatic heterocycles. The Balaban J connectivity index is 1.49. The molecule has 0 radical (unpaired) electrons. The van der Waals surface area contributed by atoms with Gasteiger partial charge in [-0.2, -0.15) is 5.10 Å². The number of hydrogen-bond donors (Lipinski definition) is 2. The maximum Gasteiger partial charge on any atom is 0.269 e. The lowest BCUT2D eigenvalue weighted by Crippen LogP contribution is -2.28. The Morgan fingerprint density at radius 3 is 2.63 bits per heavy atom. The van der Waals surface area contributed by atoms with Crippen molar-refractivity contribution in [1.82, 2.24) is 5.32 Å². The number of hydrogen-bond acceptors (Lipinski definition) is 7. The zero-order valence-electron chi connectivity index (χ0n) is 15.6. The summed E-state index contributed by atoms with van der Waals surface area (Å²) in [5.74, 6) is -0.709. The SMILES string of the molecule is O=C(C[C@H]1S\C(=N/N=C/C=C\c2ccccc2)NC1=O)Nc1ccc([N+](=O)[O-])cc1. The molecule has 152 valence electrons. The summed E-state index contributed by atoms with van der Waals surface area (Å²) in [5, 5.41) is 23.4. The minimum absolute atomic E-state index is 0.0653. The third-order valence-corrected chi connectivity index (χ3v) is 4.97. The summed E-state index contributed by atoms with van der Waals surface area (Å²) in [6.07, 6.45) is 5.04. The van der Waals surface area contributed by atoms with Gasteiger partial charge in [0.15, 0.2) is 5.17 Å². The van der Waals surface area contributed by atoms with E-state index in [0.29, 0.717) is 10.9 Å². The van der Waals surface area contributed by atoms with Crippen LogP contribution in [0.15, 0.2) is 70.9 Å². The summed E-state index contributed by atoms with van der Waals surface area (Å²) in [7, 11) is 0. The zero-order chi connectivity index (χ0) is 21.3. The van der Waals surface area contributed by atoms with Crippen molar-refractivity contribution in [3.63, 3.8) is 0 Å². The number of amidine groups is 1. The first-order valence-electron chi connectivity index (χ1n) is 8.86. The number of carbonyl (C=O) groups is 2. The van der Waals surface area contributed by atoms with Crippen LogP contribution in [0.1, 0.15) is 12.0 Å². The molecular formula is C20H17N5O4S. The van der Waals surface area contributed by atoms with Crippen molar-refractivity contribution < 1.29 is 14.5 Å². The van der Waals surface area contributed by atoms with Crippen LogP contribution in [0.4, 0.5) is 11.4 Å². The predicted octanol–water partition coefficient (Wildman–Crippen LogP) is 3.21. The highest BCUT2D eigenvalue weighted by Crippen LogP contribution is 2.23. The van der Waals surface area contributed by atoms with Crippen molar-refractivity contribution in [3.05, 3.63) is 76.4 Å². The van der Waals surface area contributed by atoms with Crippen LogP contribution in [0, 0.1) is 10.1 Å². The molecule has 2 aromatic carbocycles. The fourth-order valence-corrected chi connectivity index (χ4v) is 3.40. The van der Waals surface area contributed by atoms with Crippen LogP contribution in [0.3, 0.4) is 0 Å². The third-order valence-electron chi connectivity index (χ3n) is 3.90. The minimum atomic E-state index is -0.628. The monoisotopic (exact) mass is 423 g/mol. The second-order valence-corrected chi connectivity index (χ2v) is 7.28. The average molecular weight is 423 g/mol. The van der Waals surface area contributed by atoms with Gasteiger partial charge >= 0.3 is 0 Å². The van der Waals surface area contributed by atoms with Crippen LogP contribution in [0.2, 0.25) is 0 Å². The van der Waals surface area contributed by atoms with Gasteiger partial charge in [0.2, 0.25) is 11.8 Å². The molecule has 30 heavy (non-hydrogen) atoms. The number of allylic oxidation sites excluding steroid dienone is 1. The number of thioether (sulfide) groups is 1. The van der Waals surface area contributed by atoms with E-state index < -0.39 is 10.2 Å². The summed E-state index contributed by atoms with van der Waals surface area (Å²) in [6, 6.07) is 15.2. The van der Waals surface area contributed by atoms with E-state index in [1.165, 1.54) is 30.5 Å². The molecule has 2 N–H and O–H groups in total. The van der Waals surface area contributed by atoms with Gasteiger partial charge in [-0.15, -0.1) is 5.10 Å². The molecular weight excluding hydrogens is 406 g/mol. The molecule has 1 atom stereocenters. The van der Waals surface area contributed by atoms with Gasteiger partial charge in [-0.25, -0.2) is 0 Å². The van der Waals surface area contributed by atoms with Crippen LogP contribution in [-0.2, 0) is 9.59 Å². The van der Waals surface area contributed by atoms with Gasteiger partial charge in [-0.1, -0.05) is 48.2 Å². The highest BCUT2D eigenvalue weighted by molar-refractivity contribution is 8.15. The molecule has 9 nitrogen and oxygen atoms in total. The molecule has 0 unspecified atom stereocenters. The summed E-state index contributed by atoms with van der Waals surface area (Å²) < 4.78 is 0. The zero-order valence-corrected chi connectivity index (χ0v) is 16.4. The van der Waals surface area contributed by atoms with E-state index >= 15 is 0 Å². The number of nitrogens with zero attached hydrogens (tertiary/aromatic N) is 3. The molecule has 0 bridgehead atoms. The Morgan fingerprint density at radius 2 is 1.93 bits per heavy atom. The van der Waals surface area contributed by atoms with Gasteiger partial charge in [-0.05, 0) is 23.8 Å². The van der Waals surface area contributed by atoms with Crippen LogP contribution < -0.4 is 10.6 Å². The van der Waals surface area contributed by atoms with Gasteiger partial charge in [0.25, 0.3) is 5.69 Å². The molecule has 0 aromatic heterocycles. The molecule has 1 fully saturated rings. The van der Waals surface area contributed by atoms with Gasteiger partial charge in [0.1, 0.15) is 5.25 Å². The number of non-ortho nitro benzene ring substituents is 1. The fourth-order valence-electron chi connectivity index (χ4n) is 2.48. The van der Waals surface area contributed by atoms with E-state index in [1.54, 1.807) is 6.08 Å². The third kappa shape index (κ3) is 6.11. The first kappa shape index (κ1) is 20.9. The molecule has 2 aromatic rings. The normalized spacial score (nSPS) is 17.5. The average Bonchev–Trinajstić information content (AvgIpc) is 3.08. The maximum absolute atomic E-state index is 12.2. The summed E-state index contributed by atoms with van der Waals surface area (Å²) in [6.45, 7) is 0. The van der Waals surface area contributed by atoms with Crippen molar-refractivity contribution in [2.45, 2.75) is 11.7 Å². The second kappa shape index (κ2) is 10.1. The molecule has 1 saturated heterocycles. The van der Waals surface area contributed by atoms with Gasteiger partial charge in [0, 0.05) is 30.5 Å². The molecule has 1 heterocycles. The smallest absolute Gasteiger partial charge is 0.269 e. The number of carbonyl (C=O) groups excluding carboxylic acids is 2. The van der Waals surface area contributed by atoms with E-state index in [-0.39, 0.29) is 23.9 Å².